The van der Waals surface area contributed by atoms with E-state index in [1.54, 1.807) is 33.6 Å². The monoisotopic (exact) mass is 722 g/mol. The number of pyridine rings is 2. The molecule has 0 unspecified atom stereocenters. The second-order valence-corrected chi connectivity index (χ2v) is 14.3. The van der Waals surface area contributed by atoms with E-state index in [9.17, 15) is 19.2 Å². The number of hydrogen-bond donors (Lipinski definition) is 4. The number of amides is 2. The number of carbonyl (C=O) groups is 2. The standard InChI is InChI=1S/C42H42N8O4/c1-25-33(27-13-15-49-37(17-27)45-21-29(41(49)53)19-43-23-31-9-11-39(51)47-31)5-3-7-35(25)36-8-4-6-34(26(36)2)28-14-16-50-38(18-28)46-22-30(42(50)54)20-44-24-32-10-12-40(52)48-32/h3-8,13-18,21-22,31-32,43-44H,9-12,19-20,23-24H2,1-2H3,(H,47,51)(H,48,52)/t31-,32-/m0/s1. The fourth-order valence-electron chi connectivity index (χ4n) is 7.71. The molecule has 0 saturated carbocycles. The molecule has 2 saturated heterocycles. The van der Waals surface area contributed by atoms with Gasteiger partial charge in [-0.3, -0.25) is 28.0 Å². The number of fused-ring (bicyclic) bond motifs is 2. The van der Waals surface area contributed by atoms with Crippen LogP contribution in [0.25, 0.3) is 44.7 Å². The van der Waals surface area contributed by atoms with Gasteiger partial charge < -0.3 is 21.3 Å². The van der Waals surface area contributed by atoms with Crippen LogP contribution >= 0.6 is 0 Å². The van der Waals surface area contributed by atoms with Crippen LogP contribution in [0.15, 0.2) is 95.0 Å². The normalized spacial score (nSPS) is 17.0. The molecule has 4 N–H and O–H groups in total. The van der Waals surface area contributed by atoms with Crippen molar-refractivity contribution in [2.45, 2.75) is 64.7 Å². The van der Waals surface area contributed by atoms with Gasteiger partial charge in [0.15, 0.2) is 0 Å². The Labute approximate surface area is 311 Å². The van der Waals surface area contributed by atoms with Crippen LogP contribution in [0.3, 0.4) is 0 Å². The first kappa shape index (κ1) is 35.1. The Bertz CT molecular complexity index is 2380. The zero-order valence-electron chi connectivity index (χ0n) is 30.3. The number of rotatable bonds is 11. The van der Waals surface area contributed by atoms with E-state index in [2.05, 4.69) is 81.5 Å². The summed E-state index contributed by atoms with van der Waals surface area (Å²) < 4.78 is 3.15. The summed E-state index contributed by atoms with van der Waals surface area (Å²) in [5, 5.41) is 12.4. The van der Waals surface area contributed by atoms with Gasteiger partial charge in [-0.25, -0.2) is 9.97 Å². The number of nitrogens with zero attached hydrogens (tertiary/aromatic N) is 4. The molecule has 6 heterocycles. The minimum Gasteiger partial charge on any atom is -0.352 e. The topological polar surface area (TPSA) is 151 Å². The summed E-state index contributed by atoms with van der Waals surface area (Å²) in [6.07, 6.45) is 9.53. The number of nitrogens with one attached hydrogen (secondary N) is 4. The van der Waals surface area contributed by atoms with Gasteiger partial charge in [0.25, 0.3) is 11.1 Å². The van der Waals surface area contributed by atoms with Crippen molar-refractivity contribution in [2.24, 2.45) is 0 Å². The summed E-state index contributed by atoms with van der Waals surface area (Å²) >= 11 is 0. The third-order valence-corrected chi connectivity index (χ3v) is 10.7. The summed E-state index contributed by atoms with van der Waals surface area (Å²) in [5.74, 6) is 0.142. The molecule has 0 radical (unpaired) electrons. The highest BCUT2D eigenvalue weighted by Crippen LogP contribution is 2.37. The van der Waals surface area contributed by atoms with Crippen LogP contribution in [0.4, 0.5) is 0 Å². The molecule has 0 bridgehead atoms. The van der Waals surface area contributed by atoms with E-state index in [-0.39, 0.29) is 35.0 Å². The van der Waals surface area contributed by atoms with E-state index >= 15 is 0 Å². The number of carbonyl (C=O) groups excluding carboxylic acids is 2. The lowest BCUT2D eigenvalue weighted by Gasteiger charge is -2.17. The first-order valence-corrected chi connectivity index (χ1v) is 18.4. The van der Waals surface area contributed by atoms with E-state index in [4.69, 9.17) is 0 Å². The molecule has 2 aliphatic rings. The summed E-state index contributed by atoms with van der Waals surface area (Å²) in [7, 11) is 0. The first-order chi connectivity index (χ1) is 26.2. The predicted octanol–water partition coefficient (Wildman–Crippen LogP) is 4.06. The maximum absolute atomic E-state index is 13.3. The van der Waals surface area contributed by atoms with E-state index in [0.717, 1.165) is 57.3 Å². The highest BCUT2D eigenvalue weighted by Gasteiger charge is 2.21. The molecule has 2 amide bonds. The number of benzene rings is 2. The molecule has 12 nitrogen and oxygen atoms in total. The van der Waals surface area contributed by atoms with Crippen molar-refractivity contribution in [1.82, 2.24) is 40.0 Å². The van der Waals surface area contributed by atoms with E-state index in [0.29, 0.717) is 61.4 Å². The maximum Gasteiger partial charge on any atom is 0.262 e. The Morgan fingerprint density at radius 1 is 0.630 bits per heavy atom. The van der Waals surface area contributed by atoms with Crippen LogP contribution in [-0.4, -0.2) is 55.8 Å². The van der Waals surface area contributed by atoms with Gasteiger partial charge in [-0.05, 0) is 95.5 Å². The third kappa shape index (κ3) is 6.93. The summed E-state index contributed by atoms with van der Waals surface area (Å²) in [5.41, 5.74) is 10.5. The lowest BCUT2D eigenvalue weighted by Crippen LogP contribution is -2.36. The Balaban J connectivity index is 1.02. The maximum atomic E-state index is 13.3. The lowest BCUT2D eigenvalue weighted by molar-refractivity contribution is -0.120. The molecule has 12 heteroatoms. The summed E-state index contributed by atoms with van der Waals surface area (Å²) in [4.78, 5) is 58.9. The van der Waals surface area contributed by atoms with Gasteiger partial charge in [0, 0.05) is 87.0 Å². The average Bonchev–Trinajstić information content (AvgIpc) is 3.80. The van der Waals surface area contributed by atoms with Gasteiger partial charge in [0.05, 0.1) is 0 Å². The van der Waals surface area contributed by atoms with Crippen molar-refractivity contribution in [2.75, 3.05) is 13.1 Å². The van der Waals surface area contributed by atoms with Gasteiger partial charge >= 0.3 is 0 Å². The van der Waals surface area contributed by atoms with Crippen LogP contribution < -0.4 is 32.4 Å². The van der Waals surface area contributed by atoms with Gasteiger partial charge in [0.1, 0.15) is 11.3 Å². The van der Waals surface area contributed by atoms with E-state index in [1.807, 2.05) is 24.3 Å². The second kappa shape index (κ2) is 14.8. The lowest BCUT2D eigenvalue weighted by atomic mass is 9.88. The first-order valence-electron chi connectivity index (χ1n) is 18.4. The van der Waals surface area contributed by atoms with Gasteiger partial charge in [-0.1, -0.05) is 36.4 Å². The number of aromatic nitrogens is 4. The molecule has 0 spiro atoms. The molecule has 2 atom stereocenters. The molecule has 0 aliphatic carbocycles. The fraction of sp³-hybridized carbons (Fsp3) is 0.286. The highest BCUT2D eigenvalue weighted by atomic mass is 16.2. The molecule has 6 aromatic rings. The molecule has 54 heavy (non-hydrogen) atoms. The van der Waals surface area contributed by atoms with E-state index < -0.39 is 0 Å². The summed E-state index contributed by atoms with van der Waals surface area (Å²) in [6, 6.07) is 20.5. The van der Waals surface area contributed by atoms with Crippen LogP contribution in [0.1, 0.15) is 47.9 Å². The smallest absolute Gasteiger partial charge is 0.262 e. The van der Waals surface area contributed by atoms with Gasteiger partial charge in [-0.15, -0.1) is 0 Å². The second-order valence-electron chi connectivity index (χ2n) is 14.3. The van der Waals surface area contributed by atoms with E-state index in [1.165, 1.54) is 0 Å². The molecule has 8 rings (SSSR count). The highest BCUT2D eigenvalue weighted by molar-refractivity contribution is 5.84. The minimum absolute atomic E-state index is 0.0711. The molecule has 2 aliphatic heterocycles. The van der Waals surface area contributed by atoms with Crippen molar-refractivity contribution < 1.29 is 9.59 Å². The van der Waals surface area contributed by atoms with Crippen molar-refractivity contribution in [1.29, 1.82) is 0 Å². The Kier molecular flexibility index (Phi) is 9.61. The SMILES string of the molecule is Cc1c(-c2ccn3c(=O)c(CNC[C@@H]4CCC(=O)N4)cnc3c2)cccc1-c1cccc(-c2ccn3c(=O)c(CNC[C@@H]4CCC(=O)N4)cnc3c2)c1C. The molecule has 2 fully saturated rings. The Morgan fingerprint density at radius 3 is 1.46 bits per heavy atom. The molecule has 2 aromatic carbocycles. The van der Waals surface area contributed by atoms with Crippen LogP contribution in [0.2, 0.25) is 0 Å². The average molecular weight is 723 g/mol. The van der Waals surface area contributed by atoms with Gasteiger partial charge in [-0.2, -0.15) is 0 Å². The third-order valence-electron chi connectivity index (χ3n) is 10.7. The quantitative estimate of drug-likeness (QED) is 0.157. The molecular weight excluding hydrogens is 681 g/mol. The Hall–Kier alpha value is -5.98. The molecule has 274 valence electrons. The van der Waals surface area contributed by atoms with Crippen molar-refractivity contribution in [3.63, 3.8) is 0 Å². The van der Waals surface area contributed by atoms with Crippen molar-refractivity contribution >= 4 is 23.1 Å². The zero-order valence-corrected chi connectivity index (χ0v) is 30.3. The van der Waals surface area contributed by atoms with Crippen LogP contribution in [-0.2, 0) is 22.7 Å². The van der Waals surface area contributed by atoms with Crippen molar-refractivity contribution in [3.8, 4) is 33.4 Å². The van der Waals surface area contributed by atoms with Crippen molar-refractivity contribution in [3.05, 3.63) is 128 Å². The Morgan fingerprint density at radius 2 is 1.06 bits per heavy atom. The minimum atomic E-state index is -0.120. The number of hydrogen-bond acceptors (Lipinski definition) is 8. The van der Waals surface area contributed by atoms with Crippen LogP contribution in [0.5, 0.6) is 0 Å². The fourth-order valence-corrected chi connectivity index (χ4v) is 7.71. The zero-order chi connectivity index (χ0) is 37.3. The van der Waals surface area contributed by atoms with Gasteiger partial charge in [0.2, 0.25) is 11.8 Å². The predicted molar refractivity (Wildman–Crippen MR) is 208 cm³/mol. The molecule has 4 aromatic heterocycles. The largest absolute Gasteiger partial charge is 0.352 e. The molecular formula is C42H42N8O4. The summed E-state index contributed by atoms with van der Waals surface area (Å²) in [6.45, 7) is 6.19. The van der Waals surface area contributed by atoms with Crippen LogP contribution in [0, 0.1) is 13.8 Å².